The number of pyridine rings is 1. The molecule has 0 spiro atoms. The number of rotatable bonds is 5. The molecule has 3 N–H and O–H groups in total. The van der Waals surface area contributed by atoms with Crippen LogP contribution in [0.4, 0.5) is 5.69 Å². The van der Waals surface area contributed by atoms with E-state index in [0.29, 0.717) is 12.5 Å². The predicted octanol–water partition coefficient (Wildman–Crippen LogP) is 3.20. The molecule has 1 aromatic heterocycles. The summed E-state index contributed by atoms with van der Waals surface area (Å²) in [5.74, 6) is 1.17. The van der Waals surface area contributed by atoms with E-state index < -0.39 is 0 Å². The van der Waals surface area contributed by atoms with Crippen LogP contribution in [0, 0.1) is 0 Å². The Hall–Kier alpha value is -1.83. The third kappa shape index (κ3) is 5.51. The minimum Gasteiger partial charge on any atom is -0.497 e. The van der Waals surface area contributed by atoms with Crippen LogP contribution in [0.15, 0.2) is 47.6 Å². The summed E-state index contributed by atoms with van der Waals surface area (Å²) >= 11 is 0. The van der Waals surface area contributed by atoms with Gasteiger partial charge >= 0.3 is 0 Å². The second kappa shape index (κ2) is 9.24. The van der Waals surface area contributed by atoms with Gasteiger partial charge in [-0.25, -0.2) is 4.99 Å². The molecule has 2 rings (SSSR count). The van der Waals surface area contributed by atoms with Gasteiger partial charge in [0.2, 0.25) is 0 Å². The molecule has 0 saturated carbocycles. The van der Waals surface area contributed by atoms with Crippen LogP contribution < -0.4 is 15.8 Å². The lowest BCUT2D eigenvalue weighted by atomic mass is 10.2. The van der Waals surface area contributed by atoms with Gasteiger partial charge in [0.15, 0.2) is 5.96 Å². The van der Waals surface area contributed by atoms with Crippen molar-refractivity contribution in [2.45, 2.75) is 19.9 Å². The minimum absolute atomic E-state index is 0. The number of guanidine groups is 1. The molecule has 0 unspecified atom stereocenters. The lowest BCUT2D eigenvalue weighted by molar-refractivity contribution is 0.415. The standard InChI is InChI=1S/C16H20N4O.HI/c1-3-12-8-9-18-14(10-12)11-19-16(17)20-13-4-6-15(21-2)7-5-13;/h4-10H,3,11H2,1-2H3,(H3,17,19,20);1H. The van der Waals surface area contributed by atoms with Gasteiger partial charge in [-0.1, -0.05) is 6.92 Å². The molecule has 0 radical (unpaired) electrons. The van der Waals surface area contributed by atoms with Gasteiger partial charge in [-0.2, -0.15) is 0 Å². The van der Waals surface area contributed by atoms with Crippen LogP contribution in [0.1, 0.15) is 18.2 Å². The van der Waals surface area contributed by atoms with Crippen LogP contribution in [0.25, 0.3) is 0 Å². The normalized spacial score (nSPS) is 10.7. The maximum absolute atomic E-state index is 5.87. The highest BCUT2D eigenvalue weighted by molar-refractivity contribution is 14.0. The number of anilines is 1. The number of aromatic nitrogens is 1. The second-order valence-electron chi connectivity index (χ2n) is 4.56. The number of hydrogen-bond acceptors (Lipinski definition) is 3. The fraction of sp³-hybridized carbons (Fsp3) is 0.250. The van der Waals surface area contributed by atoms with Crippen molar-refractivity contribution in [3.63, 3.8) is 0 Å². The van der Waals surface area contributed by atoms with Gasteiger partial charge in [0.25, 0.3) is 0 Å². The quantitative estimate of drug-likeness (QED) is 0.450. The van der Waals surface area contributed by atoms with Crippen molar-refractivity contribution in [1.29, 1.82) is 0 Å². The SMILES string of the molecule is CCc1ccnc(CN=C(N)Nc2ccc(OC)cc2)c1.I. The van der Waals surface area contributed by atoms with E-state index in [1.165, 1.54) is 5.56 Å². The van der Waals surface area contributed by atoms with Gasteiger partial charge in [0.05, 0.1) is 19.3 Å². The summed E-state index contributed by atoms with van der Waals surface area (Å²) < 4.78 is 5.10. The Balaban J connectivity index is 0.00000242. The van der Waals surface area contributed by atoms with Crippen molar-refractivity contribution < 1.29 is 4.74 Å². The van der Waals surface area contributed by atoms with Crippen LogP contribution in [-0.2, 0) is 13.0 Å². The molecule has 6 heteroatoms. The number of nitrogens with zero attached hydrogens (tertiary/aromatic N) is 2. The molecule has 0 fully saturated rings. The van der Waals surface area contributed by atoms with E-state index in [2.05, 4.69) is 22.2 Å². The average Bonchev–Trinajstić information content (AvgIpc) is 2.54. The van der Waals surface area contributed by atoms with Gasteiger partial charge in [-0.15, -0.1) is 24.0 Å². The number of aliphatic imine (C=N–C) groups is 1. The van der Waals surface area contributed by atoms with E-state index in [4.69, 9.17) is 10.5 Å². The molecular weight excluding hydrogens is 391 g/mol. The van der Waals surface area contributed by atoms with Crippen LogP contribution in [0.2, 0.25) is 0 Å². The fourth-order valence-corrected chi connectivity index (χ4v) is 1.86. The molecule has 5 nitrogen and oxygen atoms in total. The largest absolute Gasteiger partial charge is 0.497 e. The fourth-order valence-electron chi connectivity index (χ4n) is 1.86. The number of ether oxygens (including phenoxy) is 1. The highest BCUT2D eigenvalue weighted by atomic mass is 127. The Kier molecular flexibility index (Phi) is 7.65. The number of benzene rings is 1. The topological polar surface area (TPSA) is 72.5 Å². The Labute approximate surface area is 148 Å². The summed E-state index contributed by atoms with van der Waals surface area (Å²) in [7, 11) is 1.63. The third-order valence-electron chi connectivity index (χ3n) is 3.06. The van der Waals surface area contributed by atoms with Crippen molar-refractivity contribution in [1.82, 2.24) is 4.98 Å². The zero-order valence-corrected chi connectivity index (χ0v) is 15.1. The predicted molar refractivity (Wildman–Crippen MR) is 101 cm³/mol. The summed E-state index contributed by atoms with van der Waals surface area (Å²) in [6.07, 6.45) is 2.79. The van der Waals surface area contributed by atoms with E-state index in [9.17, 15) is 0 Å². The first-order valence-corrected chi connectivity index (χ1v) is 6.86. The van der Waals surface area contributed by atoms with Gasteiger partial charge in [0.1, 0.15) is 5.75 Å². The van der Waals surface area contributed by atoms with Crippen LogP contribution in [0.3, 0.4) is 0 Å². The Bertz CT molecular complexity index is 614. The molecule has 22 heavy (non-hydrogen) atoms. The first kappa shape index (κ1) is 18.2. The summed E-state index contributed by atoms with van der Waals surface area (Å²) in [6.45, 7) is 2.57. The monoisotopic (exact) mass is 412 g/mol. The van der Waals surface area contributed by atoms with Crippen molar-refractivity contribution in [2.24, 2.45) is 10.7 Å². The summed E-state index contributed by atoms with van der Waals surface area (Å²) in [6, 6.07) is 11.6. The number of halogens is 1. The Morgan fingerprint density at radius 1 is 1.27 bits per heavy atom. The van der Waals surface area contributed by atoms with E-state index >= 15 is 0 Å². The third-order valence-corrected chi connectivity index (χ3v) is 3.06. The lowest BCUT2D eigenvalue weighted by Gasteiger charge is -2.07. The van der Waals surface area contributed by atoms with Crippen molar-refractivity contribution in [2.75, 3.05) is 12.4 Å². The van der Waals surface area contributed by atoms with Crippen LogP contribution >= 0.6 is 24.0 Å². The number of hydrogen-bond donors (Lipinski definition) is 2. The maximum Gasteiger partial charge on any atom is 0.193 e. The molecule has 1 heterocycles. The molecule has 0 aliphatic heterocycles. The summed E-state index contributed by atoms with van der Waals surface area (Å²) in [5, 5.41) is 3.04. The number of nitrogens with two attached hydrogens (primary N) is 1. The van der Waals surface area contributed by atoms with Crippen LogP contribution in [0.5, 0.6) is 5.75 Å². The zero-order valence-electron chi connectivity index (χ0n) is 12.7. The number of aryl methyl sites for hydroxylation is 1. The average molecular weight is 412 g/mol. The van der Waals surface area contributed by atoms with Crippen molar-refractivity contribution >= 4 is 35.6 Å². The second-order valence-corrected chi connectivity index (χ2v) is 4.56. The van der Waals surface area contributed by atoms with Crippen molar-refractivity contribution in [3.8, 4) is 5.75 Å². The first-order chi connectivity index (χ1) is 10.2. The number of methoxy groups -OCH3 is 1. The molecule has 0 aliphatic rings. The van der Waals surface area contributed by atoms with E-state index in [1.54, 1.807) is 13.3 Å². The molecule has 118 valence electrons. The molecule has 0 bridgehead atoms. The van der Waals surface area contributed by atoms with E-state index in [0.717, 1.165) is 23.6 Å². The molecular formula is C16H21IN4O. The van der Waals surface area contributed by atoms with Crippen molar-refractivity contribution in [3.05, 3.63) is 53.9 Å². The first-order valence-electron chi connectivity index (χ1n) is 6.86. The smallest absolute Gasteiger partial charge is 0.193 e. The summed E-state index contributed by atoms with van der Waals surface area (Å²) in [5.41, 5.74) is 8.90. The Morgan fingerprint density at radius 2 is 2.00 bits per heavy atom. The van der Waals surface area contributed by atoms with Gasteiger partial charge in [0, 0.05) is 11.9 Å². The molecule has 0 amide bonds. The highest BCUT2D eigenvalue weighted by Crippen LogP contribution is 2.14. The number of nitrogens with one attached hydrogen (secondary N) is 1. The lowest BCUT2D eigenvalue weighted by Crippen LogP contribution is -2.22. The van der Waals surface area contributed by atoms with E-state index in [-0.39, 0.29) is 24.0 Å². The molecule has 2 aromatic rings. The molecule has 0 atom stereocenters. The van der Waals surface area contributed by atoms with Crippen LogP contribution in [-0.4, -0.2) is 18.1 Å². The zero-order chi connectivity index (χ0) is 15.1. The van der Waals surface area contributed by atoms with Gasteiger partial charge in [-0.3, -0.25) is 4.98 Å². The highest BCUT2D eigenvalue weighted by Gasteiger charge is 1.98. The minimum atomic E-state index is 0. The Morgan fingerprint density at radius 3 is 2.64 bits per heavy atom. The van der Waals surface area contributed by atoms with E-state index in [1.807, 2.05) is 36.4 Å². The molecule has 0 saturated heterocycles. The maximum atomic E-state index is 5.87. The van der Waals surface area contributed by atoms with Gasteiger partial charge < -0.3 is 15.8 Å². The summed E-state index contributed by atoms with van der Waals surface area (Å²) in [4.78, 5) is 8.58. The molecule has 1 aromatic carbocycles. The molecule has 0 aliphatic carbocycles. The van der Waals surface area contributed by atoms with Gasteiger partial charge in [-0.05, 0) is 48.4 Å².